The van der Waals surface area contributed by atoms with E-state index in [4.69, 9.17) is 0 Å². The minimum Gasteiger partial charge on any atom is -0.338 e. The van der Waals surface area contributed by atoms with Gasteiger partial charge < -0.3 is 9.88 Å². The summed E-state index contributed by atoms with van der Waals surface area (Å²) in [5.74, 6) is -0.226. The second-order valence-electron chi connectivity index (χ2n) is 4.91. The molecule has 1 aliphatic heterocycles. The molecule has 0 bridgehead atoms. The third kappa shape index (κ3) is 3.25. The van der Waals surface area contributed by atoms with Crippen LogP contribution in [0.2, 0.25) is 0 Å². The zero-order valence-electron chi connectivity index (χ0n) is 10.4. The van der Waals surface area contributed by atoms with Gasteiger partial charge >= 0.3 is 6.18 Å². The van der Waals surface area contributed by atoms with Crippen LogP contribution in [0.4, 0.5) is 13.2 Å². The van der Waals surface area contributed by atoms with Crippen LogP contribution in [0.15, 0.2) is 12.4 Å². The molecule has 1 fully saturated rings. The summed E-state index contributed by atoms with van der Waals surface area (Å²) in [5, 5.41) is 3.17. The monoisotopic (exact) mass is 261 g/mol. The van der Waals surface area contributed by atoms with Crippen LogP contribution >= 0.6 is 0 Å². The molecule has 0 spiro atoms. The molecule has 1 aliphatic rings. The van der Waals surface area contributed by atoms with Crippen LogP contribution in [0, 0.1) is 5.92 Å². The summed E-state index contributed by atoms with van der Waals surface area (Å²) in [6.07, 6.45) is 1.31. The summed E-state index contributed by atoms with van der Waals surface area (Å²) < 4.78 is 39.9. The zero-order valence-corrected chi connectivity index (χ0v) is 10.4. The van der Waals surface area contributed by atoms with Gasteiger partial charge in [0.1, 0.15) is 5.82 Å². The number of nitrogens with zero attached hydrogens (tertiary/aromatic N) is 2. The van der Waals surface area contributed by atoms with Crippen LogP contribution in [-0.2, 0) is 13.5 Å². The van der Waals surface area contributed by atoms with Gasteiger partial charge in [0.2, 0.25) is 0 Å². The lowest BCUT2D eigenvalue weighted by molar-refractivity contribution is -0.183. The van der Waals surface area contributed by atoms with Gasteiger partial charge in [-0.3, -0.25) is 0 Å². The second-order valence-corrected chi connectivity index (χ2v) is 4.91. The Morgan fingerprint density at radius 1 is 1.50 bits per heavy atom. The van der Waals surface area contributed by atoms with E-state index in [1.807, 2.05) is 17.8 Å². The maximum absolute atomic E-state index is 12.6. The van der Waals surface area contributed by atoms with Crippen molar-refractivity contribution in [2.45, 2.75) is 37.9 Å². The normalized spacial score (nSPS) is 25.3. The number of rotatable bonds is 3. The number of hydrogen-bond donors (Lipinski definition) is 1. The van der Waals surface area contributed by atoms with Crippen LogP contribution in [0.25, 0.3) is 0 Å². The SMILES string of the molecule is Cn1ccnc1CCC1CC(C(F)(F)F)CCN1. The number of halogens is 3. The van der Waals surface area contributed by atoms with Crippen molar-refractivity contribution in [2.75, 3.05) is 6.54 Å². The van der Waals surface area contributed by atoms with E-state index in [0.29, 0.717) is 19.4 Å². The third-order valence-corrected chi connectivity index (χ3v) is 3.60. The predicted molar refractivity (Wildman–Crippen MR) is 62.1 cm³/mol. The molecule has 3 nitrogen and oxygen atoms in total. The molecular formula is C12H18F3N3. The van der Waals surface area contributed by atoms with E-state index in [2.05, 4.69) is 10.3 Å². The quantitative estimate of drug-likeness (QED) is 0.904. The Morgan fingerprint density at radius 2 is 2.28 bits per heavy atom. The van der Waals surface area contributed by atoms with Gasteiger partial charge in [0.05, 0.1) is 5.92 Å². The first-order chi connectivity index (χ1) is 8.47. The average molecular weight is 261 g/mol. The van der Waals surface area contributed by atoms with Gasteiger partial charge in [-0.05, 0) is 25.8 Å². The number of hydrogen-bond acceptors (Lipinski definition) is 2. The van der Waals surface area contributed by atoms with E-state index in [9.17, 15) is 13.2 Å². The van der Waals surface area contributed by atoms with Gasteiger partial charge in [-0.1, -0.05) is 0 Å². The summed E-state index contributed by atoms with van der Waals surface area (Å²) in [6, 6.07) is -0.0536. The van der Waals surface area contributed by atoms with Gasteiger partial charge in [0.15, 0.2) is 0 Å². The highest BCUT2D eigenvalue weighted by Gasteiger charge is 2.41. The molecule has 102 valence electrons. The highest BCUT2D eigenvalue weighted by molar-refractivity contribution is 4.93. The van der Waals surface area contributed by atoms with Crippen LogP contribution in [0.3, 0.4) is 0 Å². The van der Waals surface area contributed by atoms with Gasteiger partial charge in [-0.25, -0.2) is 4.98 Å². The van der Waals surface area contributed by atoms with Crippen molar-refractivity contribution in [3.8, 4) is 0 Å². The summed E-state index contributed by atoms with van der Waals surface area (Å²) in [5.41, 5.74) is 0. The minimum atomic E-state index is -4.05. The Bertz CT molecular complexity index is 386. The number of aromatic nitrogens is 2. The lowest BCUT2D eigenvalue weighted by Gasteiger charge is -2.31. The Hall–Kier alpha value is -1.04. The summed E-state index contributed by atoms with van der Waals surface area (Å²) in [6.45, 7) is 0.454. The number of nitrogens with one attached hydrogen (secondary N) is 1. The molecule has 1 aromatic rings. The Kier molecular flexibility index (Phi) is 3.94. The standard InChI is InChI=1S/C12H18F3N3/c1-18-7-6-17-11(18)3-2-10-8-9(4-5-16-10)12(13,14)15/h6-7,9-10,16H,2-5,8H2,1H3. The molecular weight excluding hydrogens is 243 g/mol. The molecule has 0 aromatic carbocycles. The van der Waals surface area contributed by atoms with Gasteiger partial charge in [-0.15, -0.1) is 0 Å². The first-order valence-corrected chi connectivity index (χ1v) is 6.23. The average Bonchev–Trinajstić information content (AvgIpc) is 2.72. The topological polar surface area (TPSA) is 29.9 Å². The molecule has 2 unspecified atom stereocenters. The van der Waals surface area contributed by atoms with E-state index >= 15 is 0 Å². The zero-order chi connectivity index (χ0) is 13.2. The molecule has 1 saturated heterocycles. The van der Waals surface area contributed by atoms with Crippen LogP contribution in [0.5, 0.6) is 0 Å². The first kappa shape index (κ1) is 13.4. The van der Waals surface area contributed by atoms with Gasteiger partial charge in [0.25, 0.3) is 0 Å². The highest BCUT2D eigenvalue weighted by atomic mass is 19.4. The van der Waals surface area contributed by atoms with Crippen molar-refractivity contribution in [1.82, 2.24) is 14.9 Å². The molecule has 1 N–H and O–H groups in total. The van der Waals surface area contributed by atoms with Crippen molar-refractivity contribution >= 4 is 0 Å². The van der Waals surface area contributed by atoms with Crippen molar-refractivity contribution in [2.24, 2.45) is 13.0 Å². The number of aryl methyl sites for hydroxylation is 2. The van der Waals surface area contributed by atoms with Crippen molar-refractivity contribution < 1.29 is 13.2 Å². The van der Waals surface area contributed by atoms with E-state index in [1.165, 1.54) is 0 Å². The fourth-order valence-corrected chi connectivity index (χ4v) is 2.46. The fraction of sp³-hybridized carbons (Fsp3) is 0.750. The molecule has 6 heteroatoms. The predicted octanol–water partition coefficient (Wildman–Crippen LogP) is 2.28. The Balaban J connectivity index is 1.85. The lowest BCUT2D eigenvalue weighted by atomic mass is 9.90. The van der Waals surface area contributed by atoms with E-state index < -0.39 is 12.1 Å². The number of imidazole rings is 1. The van der Waals surface area contributed by atoms with Crippen LogP contribution in [0.1, 0.15) is 25.1 Å². The highest BCUT2D eigenvalue weighted by Crippen LogP contribution is 2.34. The Morgan fingerprint density at radius 3 is 2.89 bits per heavy atom. The number of piperidine rings is 1. The van der Waals surface area contributed by atoms with Crippen LogP contribution in [-0.4, -0.2) is 28.3 Å². The molecule has 18 heavy (non-hydrogen) atoms. The van der Waals surface area contributed by atoms with E-state index in [-0.39, 0.29) is 18.9 Å². The number of alkyl halides is 3. The first-order valence-electron chi connectivity index (χ1n) is 6.23. The molecule has 2 rings (SSSR count). The maximum Gasteiger partial charge on any atom is 0.391 e. The Labute approximate surface area is 104 Å². The lowest BCUT2D eigenvalue weighted by Crippen LogP contribution is -2.43. The molecule has 0 aliphatic carbocycles. The summed E-state index contributed by atoms with van der Waals surface area (Å²) in [4.78, 5) is 4.18. The van der Waals surface area contributed by atoms with Crippen LogP contribution < -0.4 is 5.32 Å². The molecule has 1 aromatic heterocycles. The van der Waals surface area contributed by atoms with Gasteiger partial charge in [-0.2, -0.15) is 13.2 Å². The van der Waals surface area contributed by atoms with Gasteiger partial charge in [0, 0.05) is 31.9 Å². The molecule has 0 radical (unpaired) electrons. The largest absolute Gasteiger partial charge is 0.391 e. The summed E-state index contributed by atoms with van der Waals surface area (Å²) >= 11 is 0. The van der Waals surface area contributed by atoms with E-state index in [1.54, 1.807) is 6.20 Å². The van der Waals surface area contributed by atoms with Crippen molar-refractivity contribution in [1.29, 1.82) is 0 Å². The van der Waals surface area contributed by atoms with Crippen molar-refractivity contribution in [3.05, 3.63) is 18.2 Å². The fourth-order valence-electron chi connectivity index (χ4n) is 2.46. The maximum atomic E-state index is 12.6. The third-order valence-electron chi connectivity index (χ3n) is 3.60. The minimum absolute atomic E-state index is 0.0536. The smallest absolute Gasteiger partial charge is 0.338 e. The summed E-state index contributed by atoms with van der Waals surface area (Å²) in [7, 11) is 1.90. The molecule has 2 atom stereocenters. The molecule has 0 saturated carbocycles. The van der Waals surface area contributed by atoms with Crippen molar-refractivity contribution in [3.63, 3.8) is 0 Å². The molecule has 0 amide bonds. The second kappa shape index (κ2) is 5.30. The van der Waals surface area contributed by atoms with E-state index in [0.717, 1.165) is 5.82 Å². The molecule has 2 heterocycles.